The fraction of sp³-hybridized carbons (Fsp3) is 0.909. The van der Waals surface area contributed by atoms with Gasteiger partial charge < -0.3 is 0 Å². The van der Waals surface area contributed by atoms with Crippen molar-refractivity contribution >= 4 is 0 Å². The van der Waals surface area contributed by atoms with Crippen molar-refractivity contribution < 1.29 is 0 Å². The Bertz CT molecular complexity index is 170. The van der Waals surface area contributed by atoms with Gasteiger partial charge in [-0.05, 0) is 25.2 Å². The van der Waals surface area contributed by atoms with Crippen LogP contribution in [0.15, 0.2) is 0 Å². The fourth-order valence-electron chi connectivity index (χ4n) is 2.37. The van der Waals surface area contributed by atoms with Crippen LogP contribution < -0.4 is 0 Å². The molecule has 1 nitrogen and oxygen atoms in total. The van der Waals surface area contributed by atoms with Gasteiger partial charge >= 0.3 is 0 Å². The second-order valence-electron chi connectivity index (χ2n) is 4.55. The average molecular weight is 165 g/mol. The van der Waals surface area contributed by atoms with Gasteiger partial charge in [0.25, 0.3) is 0 Å². The van der Waals surface area contributed by atoms with Gasteiger partial charge in [0, 0.05) is 0 Å². The number of rotatable bonds is 2. The maximum Gasteiger partial charge on any atom is 0.0689 e. The first kappa shape index (κ1) is 9.58. The molecule has 0 atom stereocenters. The fourth-order valence-corrected chi connectivity index (χ4v) is 2.37. The minimum atomic E-state index is 0.0480. The molecule has 0 heterocycles. The van der Waals surface area contributed by atoms with Crippen molar-refractivity contribution in [3.8, 4) is 6.07 Å². The van der Waals surface area contributed by atoms with E-state index in [1.54, 1.807) is 0 Å². The average Bonchev–Trinajstić information content (AvgIpc) is 2.05. The van der Waals surface area contributed by atoms with Crippen molar-refractivity contribution in [2.75, 3.05) is 0 Å². The molecule has 0 saturated heterocycles. The van der Waals surface area contributed by atoms with Gasteiger partial charge in [-0.3, -0.25) is 0 Å². The zero-order valence-corrected chi connectivity index (χ0v) is 8.27. The molecule has 0 aromatic heterocycles. The Morgan fingerprint density at radius 1 is 1.25 bits per heavy atom. The summed E-state index contributed by atoms with van der Waals surface area (Å²) >= 11 is 0. The summed E-state index contributed by atoms with van der Waals surface area (Å²) in [5.41, 5.74) is 0.0480. The van der Waals surface area contributed by atoms with E-state index in [1.807, 2.05) is 0 Å². The highest BCUT2D eigenvalue weighted by Crippen LogP contribution is 2.40. The van der Waals surface area contributed by atoms with Crippen molar-refractivity contribution in [2.24, 2.45) is 11.3 Å². The Kier molecular flexibility index (Phi) is 3.14. The van der Waals surface area contributed by atoms with E-state index in [1.165, 1.54) is 19.3 Å². The van der Waals surface area contributed by atoms with Crippen LogP contribution >= 0.6 is 0 Å². The largest absolute Gasteiger partial charge is 0.198 e. The molecule has 68 valence electrons. The number of nitrogens with zero attached hydrogens (tertiary/aromatic N) is 1. The number of hydrogen-bond acceptors (Lipinski definition) is 1. The SMILES string of the molecule is CC(C)CC1(C#N)CCCCC1. The summed E-state index contributed by atoms with van der Waals surface area (Å²) in [6, 6.07) is 2.55. The third-order valence-electron chi connectivity index (χ3n) is 2.85. The van der Waals surface area contributed by atoms with E-state index >= 15 is 0 Å². The van der Waals surface area contributed by atoms with Crippen LogP contribution in [0, 0.1) is 22.7 Å². The highest BCUT2D eigenvalue weighted by Gasteiger charge is 2.32. The second kappa shape index (κ2) is 3.94. The summed E-state index contributed by atoms with van der Waals surface area (Å²) in [6.45, 7) is 4.43. The van der Waals surface area contributed by atoms with E-state index < -0.39 is 0 Å². The molecule has 0 aromatic rings. The molecule has 0 spiro atoms. The summed E-state index contributed by atoms with van der Waals surface area (Å²) in [6.07, 6.45) is 7.24. The molecule has 0 bridgehead atoms. The Hall–Kier alpha value is -0.510. The monoisotopic (exact) mass is 165 g/mol. The number of nitriles is 1. The maximum absolute atomic E-state index is 9.14. The topological polar surface area (TPSA) is 23.8 Å². The van der Waals surface area contributed by atoms with Crippen LogP contribution in [0.4, 0.5) is 0 Å². The molecule has 1 saturated carbocycles. The van der Waals surface area contributed by atoms with Crippen molar-refractivity contribution in [2.45, 2.75) is 52.4 Å². The maximum atomic E-state index is 9.14. The van der Waals surface area contributed by atoms with E-state index in [-0.39, 0.29) is 5.41 Å². The van der Waals surface area contributed by atoms with Crippen LogP contribution in [-0.2, 0) is 0 Å². The third-order valence-corrected chi connectivity index (χ3v) is 2.85. The number of hydrogen-bond donors (Lipinski definition) is 0. The lowest BCUT2D eigenvalue weighted by Crippen LogP contribution is -2.23. The summed E-state index contributed by atoms with van der Waals surface area (Å²) in [7, 11) is 0. The first-order chi connectivity index (χ1) is 5.68. The van der Waals surface area contributed by atoms with Crippen LogP contribution in [0.3, 0.4) is 0 Å². The van der Waals surface area contributed by atoms with Gasteiger partial charge in [-0.15, -0.1) is 0 Å². The lowest BCUT2D eigenvalue weighted by atomic mass is 9.70. The van der Waals surface area contributed by atoms with Crippen molar-refractivity contribution in [3.05, 3.63) is 0 Å². The lowest BCUT2D eigenvalue weighted by molar-refractivity contribution is 0.221. The molecular formula is C11H19N. The smallest absolute Gasteiger partial charge is 0.0689 e. The van der Waals surface area contributed by atoms with Crippen LogP contribution in [0.1, 0.15) is 52.4 Å². The van der Waals surface area contributed by atoms with Gasteiger partial charge in [-0.2, -0.15) is 5.26 Å². The minimum absolute atomic E-state index is 0.0480. The summed E-state index contributed by atoms with van der Waals surface area (Å²) in [5, 5.41) is 9.14. The molecule has 1 heteroatoms. The van der Waals surface area contributed by atoms with Gasteiger partial charge in [0.15, 0.2) is 0 Å². The zero-order valence-electron chi connectivity index (χ0n) is 8.27. The van der Waals surface area contributed by atoms with Gasteiger partial charge in [0.1, 0.15) is 0 Å². The predicted octanol–water partition coefficient (Wildman–Crippen LogP) is 3.51. The van der Waals surface area contributed by atoms with Gasteiger partial charge in [0.2, 0.25) is 0 Å². The highest BCUT2D eigenvalue weighted by atomic mass is 14.4. The van der Waals surface area contributed by atoms with Gasteiger partial charge in [0.05, 0.1) is 11.5 Å². The molecular weight excluding hydrogens is 146 g/mol. The van der Waals surface area contributed by atoms with Crippen molar-refractivity contribution in [1.82, 2.24) is 0 Å². The highest BCUT2D eigenvalue weighted by molar-refractivity contribution is 5.00. The molecule has 0 amide bonds. The van der Waals surface area contributed by atoms with Gasteiger partial charge in [-0.25, -0.2) is 0 Å². The molecule has 0 radical (unpaired) electrons. The summed E-state index contributed by atoms with van der Waals surface area (Å²) in [4.78, 5) is 0. The van der Waals surface area contributed by atoms with Crippen LogP contribution in [-0.4, -0.2) is 0 Å². The molecule has 1 fully saturated rings. The third kappa shape index (κ3) is 2.24. The first-order valence-corrected chi connectivity index (χ1v) is 5.10. The Morgan fingerprint density at radius 2 is 1.83 bits per heavy atom. The van der Waals surface area contributed by atoms with E-state index in [9.17, 15) is 0 Å². The minimum Gasteiger partial charge on any atom is -0.198 e. The molecule has 1 aliphatic carbocycles. The summed E-state index contributed by atoms with van der Waals surface area (Å²) in [5.74, 6) is 0.669. The van der Waals surface area contributed by atoms with E-state index in [0.717, 1.165) is 19.3 Å². The first-order valence-electron chi connectivity index (χ1n) is 5.10. The quantitative estimate of drug-likeness (QED) is 0.614. The van der Waals surface area contributed by atoms with Crippen LogP contribution in [0.25, 0.3) is 0 Å². The van der Waals surface area contributed by atoms with Crippen molar-refractivity contribution in [1.29, 1.82) is 5.26 Å². The normalized spacial score (nSPS) is 22.2. The molecule has 0 N–H and O–H groups in total. The standard InChI is InChI=1S/C11H19N/c1-10(2)8-11(9-12)6-4-3-5-7-11/h10H,3-8H2,1-2H3. The zero-order chi connectivity index (χ0) is 9.03. The molecule has 1 rings (SSSR count). The molecule has 12 heavy (non-hydrogen) atoms. The molecule has 1 aliphatic rings. The van der Waals surface area contributed by atoms with E-state index in [0.29, 0.717) is 5.92 Å². The lowest BCUT2D eigenvalue weighted by Gasteiger charge is -2.31. The van der Waals surface area contributed by atoms with Crippen molar-refractivity contribution in [3.63, 3.8) is 0 Å². The van der Waals surface area contributed by atoms with Gasteiger partial charge in [-0.1, -0.05) is 33.1 Å². The van der Waals surface area contributed by atoms with E-state index in [4.69, 9.17) is 5.26 Å². The van der Waals surface area contributed by atoms with Crippen LogP contribution in [0.5, 0.6) is 0 Å². The molecule has 0 aromatic carbocycles. The predicted molar refractivity (Wildman–Crippen MR) is 50.6 cm³/mol. The van der Waals surface area contributed by atoms with Crippen LogP contribution in [0.2, 0.25) is 0 Å². The van der Waals surface area contributed by atoms with E-state index in [2.05, 4.69) is 19.9 Å². The molecule has 0 unspecified atom stereocenters. The Morgan fingerprint density at radius 3 is 2.25 bits per heavy atom. The second-order valence-corrected chi connectivity index (χ2v) is 4.55. The Labute approximate surface area is 75.8 Å². The molecule has 0 aliphatic heterocycles. The Balaban J connectivity index is 2.55. The summed E-state index contributed by atoms with van der Waals surface area (Å²) < 4.78 is 0.